The van der Waals surface area contributed by atoms with Crippen LogP contribution in [0.25, 0.3) is 0 Å². The topological polar surface area (TPSA) is 76.4 Å². The Kier molecular flexibility index (Phi) is 5.42. The van der Waals surface area contributed by atoms with Crippen LogP contribution in [0, 0.1) is 10.1 Å². The summed E-state index contributed by atoms with van der Waals surface area (Å²) in [5.41, 5.74) is -0.943. The second-order valence-electron chi connectivity index (χ2n) is 4.80. The molecular weight excluding hydrogens is 359 g/mol. The zero-order chi connectivity index (χ0) is 18.6. The molecule has 0 saturated heterocycles. The van der Waals surface area contributed by atoms with Crippen molar-refractivity contribution in [2.24, 2.45) is 0 Å². The molecule has 25 heavy (non-hydrogen) atoms. The molecule has 0 amide bonds. The van der Waals surface area contributed by atoms with Gasteiger partial charge in [0.2, 0.25) is 0 Å². The summed E-state index contributed by atoms with van der Waals surface area (Å²) < 4.78 is 43.0. The number of methoxy groups -OCH3 is 1. The van der Waals surface area contributed by atoms with E-state index < -0.39 is 16.7 Å². The number of hydrogen-bond acceptors (Lipinski definition) is 4. The normalized spacial score (nSPS) is 10.9. The Labute approximate surface area is 145 Å². The van der Waals surface area contributed by atoms with E-state index in [9.17, 15) is 23.3 Å². The number of rotatable bonds is 4. The van der Waals surface area contributed by atoms with E-state index in [0.717, 1.165) is 12.1 Å². The highest BCUT2D eigenvalue weighted by Gasteiger charge is 2.30. The minimum absolute atomic E-state index is 0.0790. The lowest BCUT2D eigenvalue weighted by molar-refractivity contribution is -0.384. The van der Waals surface area contributed by atoms with Crippen LogP contribution in [-0.2, 0) is 6.18 Å². The standard InChI is InChI=1S/C15H12F3N3O3S/c1-24-11-5-6-12(13(8-11)21(22)23)20-14(25)19-10-4-2-3-9(7-10)15(16,17)18/h2-8H,1H3,(H2,19,20,25). The molecule has 0 aliphatic heterocycles. The van der Waals surface area contributed by atoms with Crippen molar-refractivity contribution >= 4 is 34.4 Å². The SMILES string of the molecule is COc1ccc(NC(=S)Nc2cccc(C(F)(F)F)c2)c([N+](=O)[O-])c1. The first-order chi connectivity index (χ1) is 11.7. The molecule has 2 N–H and O–H groups in total. The summed E-state index contributed by atoms with van der Waals surface area (Å²) in [5.74, 6) is 0.286. The van der Waals surface area contributed by atoms with Crippen LogP contribution in [-0.4, -0.2) is 17.1 Å². The second kappa shape index (κ2) is 7.34. The van der Waals surface area contributed by atoms with E-state index in [0.29, 0.717) is 0 Å². The van der Waals surface area contributed by atoms with Crippen LogP contribution < -0.4 is 15.4 Å². The van der Waals surface area contributed by atoms with Crippen molar-refractivity contribution in [2.45, 2.75) is 6.18 Å². The number of alkyl halides is 3. The van der Waals surface area contributed by atoms with Crippen molar-refractivity contribution in [2.75, 3.05) is 17.7 Å². The third-order valence-electron chi connectivity index (χ3n) is 3.10. The van der Waals surface area contributed by atoms with E-state index in [1.54, 1.807) is 0 Å². The molecule has 0 aromatic heterocycles. The van der Waals surface area contributed by atoms with Gasteiger partial charge in [-0.1, -0.05) is 6.07 Å². The van der Waals surface area contributed by atoms with E-state index in [4.69, 9.17) is 17.0 Å². The third-order valence-corrected chi connectivity index (χ3v) is 3.30. The molecule has 132 valence electrons. The number of halogens is 3. The lowest BCUT2D eigenvalue weighted by Crippen LogP contribution is -2.20. The van der Waals surface area contributed by atoms with Gasteiger partial charge in [0.1, 0.15) is 11.4 Å². The van der Waals surface area contributed by atoms with Crippen LogP contribution >= 0.6 is 12.2 Å². The molecule has 0 heterocycles. The number of ether oxygens (including phenoxy) is 1. The second-order valence-corrected chi connectivity index (χ2v) is 5.21. The quantitative estimate of drug-likeness (QED) is 0.470. The Balaban J connectivity index is 2.17. The lowest BCUT2D eigenvalue weighted by Gasteiger charge is -2.13. The van der Waals surface area contributed by atoms with Gasteiger partial charge >= 0.3 is 6.18 Å². The zero-order valence-corrected chi connectivity index (χ0v) is 13.6. The molecule has 0 atom stereocenters. The Hall–Kier alpha value is -2.88. The summed E-state index contributed by atoms with van der Waals surface area (Å²) in [6.07, 6.45) is -4.48. The van der Waals surface area contributed by atoms with Crippen LogP contribution in [0.15, 0.2) is 42.5 Å². The summed E-state index contributed by atoms with van der Waals surface area (Å²) >= 11 is 5.00. The van der Waals surface area contributed by atoms with E-state index >= 15 is 0 Å². The summed E-state index contributed by atoms with van der Waals surface area (Å²) in [7, 11) is 1.37. The Morgan fingerprint density at radius 3 is 2.52 bits per heavy atom. The average molecular weight is 371 g/mol. The first-order valence-electron chi connectivity index (χ1n) is 6.78. The largest absolute Gasteiger partial charge is 0.496 e. The van der Waals surface area contributed by atoms with E-state index in [2.05, 4.69) is 10.6 Å². The maximum atomic E-state index is 12.7. The Bertz CT molecular complexity index is 812. The summed E-state index contributed by atoms with van der Waals surface area (Å²) in [6.45, 7) is 0. The maximum absolute atomic E-state index is 12.7. The number of hydrogen-bond donors (Lipinski definition) is 2. The van der Waals surface area contributed by atoms with Gasteiger partial charge in [-0.15, -0.1) is 0 Å². The fourth-order valence-corrected chi connectivity index (χ4v) is 2.18. The zero-order valence-electron chi connectivity index (χ0n) is 12.8. The molecule has 2 aromatic carbocycles. The number of nitrogens with zero attached hydrogens (tertiary/aromatic N) is 1. The van der Waals surface area contributed by atoms with Crippen LogP contribution in [0.4, 0.5) is 30.2 Å². The molecule has 6 nitrogen and oxygen atoms in total. The fourth-order valence-electron chi connectivity index (χ4n) is 1.95. The molecule has 0 bridgehead atoms. The van der Waals surface area contributed by atoms with Crippen molar-refractivity contribution in [3.05, 3.63) is 58.1 Å². The highest BCUT2D eigenvalue weighted by Crippen LogP contribution is 2.31. The fraction of sp³-hybridized carbons (Fsp3) is 0.133. The van der Waals surface area contributed by atoms with Gasteiger partial charge < -0.3 is 15.4 Å². The molecule has 0 fully saturated rings. The average Bonchev–Trinajstić information content (AvgIpc) is 2.54. The lowest BCUT2D eigenvalue weighted by atomic mass is 10.2. The Morgan fingerprint density at radius 1 is 1.20 bits per heavy atom. The molecule has 10 heteroatoms. The van der Waals surface area contributed by atoms with Gasteiger partial charge in [0, 0.05) is 5.69 Å². The van der Waals surface area contributed by atoms with Gasteiger partial charge in [-0.05, 0) is 42.5 Å². The van der Waals surface area contributed by atoms with Crippen molar-refractivity contribution in [3.63, 3.8) is 0 Å². The smallest absolute Gasteiger partial charge is 0.416 e. The molecule has 2 aromatic rings. The Morgan fingerprint density at radius 2 is 1.92 bits per heavy atom. The molecule has 0 unspecified atom stereocenters. The summed E-state index contributed by atoms with van der Waals surface area (Å²) in [5, 5.41) is 16.2. The van der Waals surface area contributed by atoms with Crippen molar-refractivity contribution in [3.8, 4) is 5.75 Å². The van der Waals surface area contributed by atoms with Gasteiger partial charge in [-0.2, -0.15) is 13.2 Å². The van der Waals surface area contributed by atoms with Crippen molar-refractivity contribution in [1.29, 1.82) is 0 Å². The molecular formula is C15H12F3N3O3S. The van der Waals surface area contributed by atoms with Gasteiger partial charge in [0.15, 0.2) is 5.11 Å². The third kappa shape index (κ3) is 4.80. The molecule has 2 rings (SSSR count). The highest BCUT2D eigenvalue weighted by molar-refractivity contribution is 7.80. The van der Waals surface area contributed by atoms with E-state index in [-0.39, 0.29) is 27.9 Å². The van der Waals surface area contributed by atoms with Crippen LogP contribution in [0.2, 0.25) is 0 Å². The minimum Gasteiger partial charge on any atom is -0.496 e. The van der Waals surface area contributed by atoms with Crippen LogP contribution in [0.1, 0.15) is 5.56 Å². The molecule has 0 saturated carbocycles. The number of anilines is 2. The molecule has 0 spiro atoms. The van der Waals surface area contributed by atoms with Gasteiger partial charge in [0.25, 0.3) is 5.69 Å². The number of nitro benzene ring substituents is 1. The van der Waals surface area contributed by atoms with Gasteiger partial charge in [0.05, 0.1) is 23.7 Å². The van der Waals surface area contributed by atoms with Gasteiger partial charge in [-0.3, -0.25) is 10.1 Å². The predicted octanol–water partition coefficient (Wildman–Crippen LogP) is 4.43. The van der Waals surface area contributed by atoms with E-state index in [1.165, 1.54) is 37.4 Å². The monoisotopic (exact) mass is 371 g/mol. The number of nitrogens with one attached hydrogen (secondary N) is 2. The first-order valence-corrected chi connectivity index (χ1v) is 7.19. The summed E-state index contributed by atoms with van der Waals surface area (Å²) in [6, 6.07) is 8.51. The maximum Gasteiger partial charge on any atom is 0.416 e. The number of thiocarbonyl (C=S) groups is 1. The van der Waals surface area contributed by atoms with E-state index in [1.807, 2.05) is 0 Å². The first kappa shape index (κ1) is 18.5. The van der Waals surface area contributed by atoms with Crippen molar-refractivity contribution < 1.29 is 22.8 Å². The molecule has 0 aliphatic carbocycles. The molecule has 0 radical (unpaired) electrons. The molecule has 0 aliphatic rings. The van der Waals surface area contributed by atoms with Crippen molar-refractivity contribution in [1.82, 2.24) is 0 Å². The van der Waals surface area contributed by atoms with Crippen LogP contribution in [0.5, 0.6) is 5.75 Å². The van der Waals surface area contributed by atoms with Crippen LogP contribution in [0.3, 0.4) is 0 Å². The minimum atomic E-state index is -4.48. The predicted molar refractivity (Wildman–Crippen MR) is 90.9 cm³/mol. The van der Waals surface area contributed by atoms with Gasteiger partial charge in [-0.25, -0.2) is 0 Å². The summed E-state index contributed by atoms with van der Waals surface area (Å²) in [4.78, 5) is 10.5. The highest BCUT2D eigenvalue weighted by atomic mass is 32.1. The number of nitro groups is 1. The number of benzene rings is 2.